The highest BCUT2D eigenvalue weighted by molar-refractivity contribution is 5.98. The van der Waals surface area contributed by atoms with E-state index >= 15 is 4.39 Å². The molecule has 1 heterocycles. The number of nitrogens with one attached hydrogen (secondary N) is 2. The molecule has 4 atom stereocenters. The molecule has 3 unspecified atom stereocenters. The summed E-state index contributed by atoms with van der Waals surface area (Å²) in [6.45, 7) is 1.78. The van der Waals surface area contributed by atoms with Crippen LogP contribution in [0.1, 0.15) is 78.9 Å². The minimum Gasteiger partial charge on any atom is -0.382 e. The molecule has 2 amide bonds. The van der Waals surface area contributed by atoms with Crippen molar-refractivity contribution in [2.45, 2.75) is 76.4 Å². The highest BCUT2D eigenvalue weighted by Gasteiger charge is 2.50. The van der Waals surface area contributed by atoms with Crippen LogP contribution in [0.2, 0.25) is 0 Å². The number of nitrogens with zero attached hydrogens (tertiary/aromatic N) is 2. The smallest absolute Gasteiger partial charge is 0.257 e. The van der Waals surface area contributed by atoms with Gasteiger partial charge in [-0.1, -0.05) is 43.5 Å². The average molecular weight is 583 g/mol. The van der Waals surface area contributed by atoms with E-state index in [1.807, 2.05) is 48.2 Å². The Morgan fingerprint density at radius 1 is 0.860 bits per heavy atom. The number of hydrogen-bond donors (Lipinski definition) is 2. The summed E-state index contributed by atoms with van der Waals surface area (Å²) in [6.07, 6.45) is 8.37. The molecule has 1 aliphatic heterocycles. The molecule has 2 N–H and O–H groups in total. The molecule has 3 aliphatic rings. The Kier molecular flexibility index (Phi) is 8.42. The summed E-state index contributed by atoms with van der Waals surface area (Å²) >= 11 is 0. The van der Waals surface area contributed by atoms with Gasteiger partial charge in [-0.2, -0.15) is 0 Å². The molecule has 7 heteroatoms. The van der Waals surface area contributed by atoms with Crippen LogP contribution in [0.15, 0.2) is 66.7 Å². The molecule has 3 aromatic carbocycles. The molecule has 0 bridgehead atoms. The van der Waals surface area contributed by atoms with E-state index < -0.39 is 17.8 Å². The van der Waals surface area contributed by atoms with Crippen molar-refractivity contribution in [3.8, 4) is 0 Å². The number of halogens is 1. The number of carbonyl (C=O) groups is 2. The predicted molar refractivity (Wildman–Crippen MR) is 171 cm³/mol. The molecule has 2 aliphatic carbocycles. The first kappa shape index (κ1) is 29.2. The largest absolute Gasteiger partial charge is 0.382 e. The molecule has 1 saturated heterocycles. The molecule has 0 aromatic heterocycles. The zero-order valence-corrected chi connectivity index (χ0v) is 25.5. The average Bonchev–Trinajstić information content (AvgIpc) is 3.69. The van der Waals surface area contributed by atoms with Gasteiger partial charge in [-0.3, -0.25) is 9.59 Å². The van der Waals surface area contributed by atoms with E-state index in [0.717, 1.165) is 41.9 Å². The van der Waals surface area contributed by atoms with Crippen molar-refractivity contribution in [2.24, 2.45) is 11.8 Å². The van der Waals surface area contributed by atoms with Crippen molar-refractivity contribution in [1.82, 2.24) is 4.90 Å². The second-order valence-electron chi connectivity index (χ2n) is 12.9. The third kappa shape index (κ3) is 5.99. The topological polar surface area (TPSA) is 64.7 Å². The Balaban J connectivity index is 1.37. The number of fused-ring (bicyclic) bond motifs is 1. The van der Waals surface area contributed by atoms with Gasteiger partial charge in [0.1, 0.15) is 5.82 Å². The third-order valence-corrected chi connectivity index (χ3v) is 9.85. The number of carbonyl (C=O) groups excluding carboxylic acids is 2. The monoisotopic (exact) mass is 582 g/mol. The Bertz CT molecular complexity index is 1430. The second kappa shape index (κ2) is 12.4. The highest BCUT2D eigenvalue weighted by Crippen LogP contribution is 2.49. The first-order valence-electron chi connectivity index (χ1n) is 15.8. The summed E-state index contributed by atoms with van der Waals surface area (Å²) < 4.78 is 15.3. The van der Waals surface area contributed by atoms with E-state index in [-0.39, 0.29) is 29.3 Å². The Morgan fingerprint density at radius 3 is 2.23 bits per heavy atom. The summed E-state index contributed by atoms with van der Waals surface area (Å²) in [6, 6.07) is 20.8. The van der Waals surface area contributed by atoms with Gasteiger partial charge in [-0.15, -0.1) is 0 Å². The lowest BCUT2D eigenvalue weighted by Crippen LogP contribution is -2.54. The van der Waals surface area contributed by atoms with E-state index in [1.165, 1.54) is 31.7 Å². The summed E-state index contributed by atoms with van der Waals surface area (Å²) in [5.41, 5.74) is 4.45. The lowest BCUT2D eigenvalue weighted by Gasteiger charge is -2.48. The minimum atomic E-state index is -0.512. The highest BCUT2D eigenvalue weighted by atomic mass is 19.1. The normalized spacial score (nSPS) is 23.6. The van der Waals surface area contributed by atoms with Gasteiger partial charge in [0.15, 0.2) is 0 Å². The molecule has 0 radical (unpaired) electrons. The molecule has 43 heavy (non-hydrogen) atoms. The van der Waals surface area contributed by atoms with Crippen LogP contribution < -0.4 is 15.5 Å². The Labute approximate surface area is 254 Å². The van der Waals surface area contributed by atoms with Crippen molar-refractivity contribution in [1.29, 1.82) is 0 Å². The third-order valence-electron chi connectivity index (χ3n) is 9.85. The Morgan fingerprint density at radius 2 is 1.56 bits per heavy atom. The van der Waals surface area contributed by atoms with Crippen LogP contribution in [0.4, 0.5) is 21.5 Å². The maximum absolute atomic E-state index is 15.3. The van der Waals surface area contributed by atoms with Crippen LogP contribution in [0.3, 0.4) is 0 Å². The molecule has 3 aromatic rings. The summed E-state index contributed by atoms with van der Waals surface area (Å²) in [5.74, 6) is -1.22. The van der Waals surface area contributed by atoms with Crippen LogP contribution in [-0.2, 0) is 4.79 Å². The van der Waals surface area contributed by atoms with Crippen LogP contribution in [0, 0.1) is 24.6 Å². The van der Waals surface area contributed by atoms with E-state index in [0.29, 0.717) is 18.0 Å². The van der Waals surface area contributed by atoms with E-state index in [1.54, 1.807) is 19.1 Å². The second-order valence-corrected chi connectivity index (χ2v) is 12.9. The number of piperidine rings is 1. The van der Waals surface area contributed by atoms with Crippen molar-refractivity contribution in [3.63, 3.8) is 0 Å². The molecule has 0 spiro atoms. The SMILES string of the molecule is Cc1cccc(F)c1C(=O)N1C2CCCC2CC(C(=O)Nc2ccc(N(C)C)cc2)[C@@H]1c1ccc(NC2CCCC2)cc1. The molecular weight excluding hydrogens is 539 g/mol. The first-order chi connectivity index (χ1) is 20.8. The molecular formula is C36H43FN4O2. The molecule has 3 fully saturated rings. The maximum Gasteiger partial charge on any atom is 0.257 e. The fourth-order valence-electron chi connectivity index (χ4n) is 7.63. The lowest BCUT2D eigenvalue weighted by molar-refractivity contribution is -0.125. The zero-order chi connectivity index (χ0) is 30.1. The number of rotatable bonds is 7. The van der Waals surface area contributed by atoms with Gasteiger partial charge in [-0.05, 0) is 98.5 Å². The van der Waals surface area contributed by atoms with Gasteiger partial charge >= 0.3 is 0 Å². The van der Waals surface area contributed by atoms with Gasteiger partial charge in [0.2, 0.25) is 5.91 Å². The van der Waals surface area contributed by atoms with E-state index in [9.17, 15) is 9.59 Å². The maximum atomic E-state index is 15.3. The standard InChI is InChI=1S/C36H43FN4O2/c1-23-8-6-12-31(37)33(23)36(43)41-32-13-7-9-25(32)22-30(35(42)39-28-18-20-29(21-19-28)40(2)3)34(41)24-14-16-27(17-15-24)38-26-10-4-5-11-26/h6,8,12,14-21,25-26,30,32,34,38H,4-5,7,9-11,13,22H2,1-3H3,(H,39,42)/t25?,30?,32?,34-/m0/s1. The minimum absolute atomic E-state index is 0.0313. The number of anilines is 3. The summed E-state index contributed by atoms with van der Waals surface area (Å²) in [4.78, 5) is 32.5. The number of hydrogen-bond acceptors (Lipinski definition) is 4. The van der Waals surface area contributed by atoms with Crippen molar-refractivity contribution < 1.29 is 14.0 Å². The predicted octanol–water partition coefficient (Wildman–Crippen LogP) is 7.57. The van der Waals surface area contributed by atoms with Crippen LogP contribution >= 0.6 is 0 Å². The van der Waals surface area contributed by atoms with Crippen molar-refractivity contribution in [2.75, 3.05) is 29.6 Å². The summed E-state index contributed by atoms with van der Waals surface area (Å²) in [5, 5.41) is 6.81. The van der Waals surface area contributed by atoms with Crippen molar-refractivity contribution in [3.05, 3.63) is 89.2 Å². The summed E-state index contributed by atoms with van der Waals surface area (Å²) in [7, 11) is 3.96. The van der Waals surface area contributed by atoms with E-state index in [2.05, 4.69) is 34.9 Å². The zero-order valence-electron chi connectivity index (χ0n) is 25.5. The van der Waals surface area contributed by atoms with Gasteiger partial charge in [0, 0.05) is 43.2 Å². The number of amides is 2. The quantitative estimate of drug-likeness (QED) is 0.302. The number of aryl methyl sites for hydroxylation is 1. The molecule has 2 saturated carbocycles. The number of likely N-dealkylation sites (tertiary alicyclic amines) is 1. The molecule has 6 nitrogen and oxygen atoms in total. The van der Waals surface area contributed by atoms with Crippen LogP contribution in [0.25, 0.3) is 0 Å². The lowest BCUT2D eigenvalue weighted by atomic mass is 9.76. The first-order valence-corrected chi connectivity index (χ1v) is 15.8. The molecule has 226 valence electrons. The van der Waals surface area contributed by atoms with Gasteiger partial charge in [0.05, 0.1) is 17.5 Å². The number of benzene rings is 3. The van der Waals surface area contributed by atoms with Crippen LogP contribution in [0.5, 0.6) is 0 Å². The molecule has 6 rings (SSSR count). The fourth-order valence-corrected chi connectivity index (χ4v) is 7.63. The van der Waals surface area contributed by atoms with Crippen molar-refractivity contribution >= 4 is 28.9 Å². The van der Waals surface area contributed by atoms with Crippen LogP contribution in [-0.4, -0.2) is 42.9 Å². The van der Waals surface area contributed by atoms with E-state index in [4.69, 9.17) is 0 Å². The van der Waals surface area contributed by atoms with Gasteiger partial charge < -0.3 is 20.4 Å². The Hall–Kier alpha value is -3.87. The van der Waals surface area contributed by atoms with Gasteiger partial charge in [0.25, 0.3) is 5.91 Å². The fraction of sp³-hybridized carbons (Fsp3) is 0.444. The van der Waals surface area contributed by atoms with Gasteiger partial charge in [-0.25, -0.2) is 4.39 Å².